The van der Waals surface area contributed by atoms with E-state index in [2.05, 4.69) is 41.5 Å². The molecule has 0 saturated carbocycles. The Hall–Kier alpha value is -2.86. The van der Waals surface area contributed by atoms with Crippen LogP contribution >= 0.6 is 11.3 Å². The molecule has 3 rings (SSSR count). The number of aryl methyl sites for hydroxylation is 1. The van der Waals surface area contributed by atoms with E-state index in [1.807, 2.05) is 36.4 Å². The molecular weight excluding hydrogens is 358 g/mol. The number of hydrazone groups is 1. The van der Waals surface area contributed by atoms with Gasteiger partial charge in [0.05, 0.1) is 25.6 Å². The number of aromatic nitrogens is 1. The number of rotatable bonds is 8. The highest BCUT2D eigenvalue weighted by Gasteiger charge is 2.09. The lowest BCUT2D eigenvalue weighted by atomic mass is 10.1. The van der Waals surface area contributed by atoms with E-state index in [1.165, 1.54) is 0 Å². The topological polar surface area (TPSA) is 55.7 Å². The van der Waals surface area contributed by atoms with Crippen LogP contribution in [0.15, 0.2) is 53.6 Å². The van der Waals surface area contributed by atoms with Crippen molar-refractivity contribution in [2.45, 2.75) is 20.3 Å². The summed E-state index contributed by atoms with van der Waals surface area (Å²) in [5.74, 6) is 1.44. The number of ether oxygens (including phenoxy) is 2. The maximum absolute atomic E-state index is 5.67. The predicted molar refractivity (Wildman–Crippen MR) is 112 cm³/mol. The van der Waals surface area contributed by atoms with E-state index in [9.17, 15) is 0 Å². The molecule has 140 valence electrons. The minimum atomic E-state index is 0.665. The first-order valence-corrected chi connectivity index (χ1v) is 9.65. The summed E-state index contributed by atoms with van der Waals surface area (Å²) in [7, 11) is 1.64. The zero-order chi connectivity index (χ0) is 19.1. The second-order valence-electron chi connectivity index (χ2n) is 5.92. The van der Waals surface area contributed by atoms with Crippen LogP contribution in [0.3, 0.4) is 0 Å². The van der Waals surface area contributed by atoms with Gasteiger partial charge in [-0.2, -0.15) is 5.10 Å². The van der Waals surface area contributed by atoms with Gasteiger partial charge in [0.15, 0.2) is 11.5 Å². The molecule has 0 atom stereocenters. The first-order valence-electron chi connectivity index (χ1n) is 8.84. The van der Waals surface area contributed by atoms with E-state index < -0.39 is 0 Å². The smallest absolute Gasteiger partial charge is 0.204 e. The fraction of sp³-hybridized carbons (Fsp3) is 0.238. The number of hydrogen-bond acceptors (Lipinski definition) is 6. The maximum atomic E-state index is 5.67. The molecule has 3 aromatic rings. The molecule has 27 heavy (non-hydrogen) atoms. The molecule has 0 aliphatic carbocycles. The molecule has 0 fully saturated rings. The Labute approximate surface area is 163 Å². The van der Waals surface area contributed by atoms with Crippen molar-refractivity contribution in [1.82, 2.24) is 4.98 Å². The summed E-state index contributed by atoms with van der Waals surface area (Å²) in [6.07, 6.45) is 2.69. The molecule has 1 heterocycles. The van der Waals surface area contributed by atoms with Gasteiger partial charge in [-0.05, 0) is 37.1 Å². The van der Waals surface area contributed by atoms with Crippen LogP contribution in [0.4, 0.5) is 5.13 Å². The van der Waals surface area contributed by atoms with Gasteiger partial charge in [0, 0.05) is 10.4 Å². The van der Waals surface area contributed by atoms with Crippen molar-refractivity contribution in [3.05, 3.63) is 59.0 Å². The first-order chi connectivity index (χ1) is 13.2. The van der Waals surface area contributed by atoms with Crippen LogP contribution in [0.1, 0.15) is 23.8 Å². The summed E-state index contributed by atoms with van der Waals surface area (Å²) >= 11 is 1.58. The number of nitrogens with one attached hydrogen (secondary N) is 1. The SMILES string of the molecule is CCCOc1ccc(C=NNc2nc(-c3ccccc3)c(C)s2)cc1OC. The molecule has 0 aliphatic rings. The van der Waals surface area contributed by atoms with Crippen molar-refractivity contribution in [2.75, 3.05) is 19.1 Å². The molecule has 2 aromatic carbocycles. The highest BCUT2D eigenvalue weighted by atomic mass is 32.1. The van der Waals surface area contributed by atoms with E-state index in [4.69, 9.17) is 9.47 Å². The van der Waals surface area contributed by atoms with Crippen LogP contribution in [0.5, 0.6) is 11.5 Å². The number of hydrogen-bond donors (Lipinski definition) is 1. The lowest BCUT2D eigenvalue weighted by Gasteiger charge is -2.10. The summed E-state index contributed by atoms with van der Waals surface area (Å²) in [4.78, 5) is 5.79. The summed E-state index contributed by atoms with van der Waals surface area (Å²) in [5.41, 5.74) is 6.02. The number of anilines is 1. The van der Waals surface area contributed by atoms with Gasteiger partial charge in [-0.1, -0.05) is 37.3 Å². The average molecular weight is 382 g/mol. The minimum absolute atomic E-state index is 0.665. The molecular formula is C21H23N3O2S. The van der Waals surface area contributed by atoms with E-state index >= 15 is 0 Å². The zero-order valence-electron chi connectivity index (χ0n) is 15.7. The third-order valence-electron chi connectivity index (χ3n) is 3.87. The van der Waals surface area contributed by atoms with E-state index in [-0.39, 0.29) is 0 Å². The molecule has 1 aromatic heterocycles. The Morgan fingerprint density at radius 2 is 1.96 bits per heavy atom. The maximum Gasteiger partial charge on any atom is 0.204 e. The van der Waals surface area contributed by atoms with Crippen LogP contribution < -0.4 is 14.9 Å². The van der Waals surface area contributed by atoms with Gasteiger partial charge in [0.1, 0.15) is 0 Å². The second-order valence-corrected chi connectivity index (χ2v) is 7.12. The lowest BCUT2D eigenvalue weighted by molar-refractivity contribution is 0.294. The third kappa shape index (κ3) is 4.86. The van der Waals surface area contributed by atoms with Crippen LogP contribution in [0.2, 0.25) is 0 Å². The van der Waals surface area contributed by atoms with Gasteiger partial charge in [0.25, 0.3) is 0 Å². The van der Waals surface area contributed by atoms with Crippen molar-refractivity contribution in [3.63, 3.8) is 0 Å². The van der Waals surface area contributed by atoms with Gasteiger partial charge in [-0.25, -0.2) is 4.98 Å². The molecule has 0 bridgehead atoms. The summed E-state index contributed by atoms with van der Waals surface area (Å²) in [5, 5.41) is 5.07. The third-order valence-corrected chi connectivity index (χ3v) is 4.74. The molecule has 1 N–H and O–H groups in total. The standard InChI is InChI=1S/C21H23N3O2S/c1-4-12-26-18-11-10-16(13-19(18)25-3)14-22-24-21-23-20(15(2)27-21)17-8-6-5-7-9-17/h5-11,13-14H,4,12H2,1-3H3,(H,23,24). The monoisotopic (exact) mass is 381 g/mol. The largest absolute Gasteiger partial charge is 0.493 e. The van der Waals surface area contributed by atoms with Gasteiger partial charge in [0.2, 0.25) is 5.13 Å². The van der Waals surface area contributed by atoms with Gasteiger partial charge in [-0.15, -0.1) is 11.3 Å². The van der Waals surface area contributed by atoms with Crippen LogP contribution in [-0.4, -0.2) is 24.9 Å². The molecule has 6 heteroatoms. The number of benzene rings is 2. The molecule has 0 radical (unpaired) electrons. The fourth-order valence-electron chi connectivity index (χ4n) is 2.57. The molecule has 0 amide bonds. The van der Waals surface area contributed by atoms with E-state index in [0.29, 0.717) is 12.4 Å². The van der Waals surface area contributed by atoms with Crippen LogP contribution in [0.25, 0.3) is 11.3 Å². The zero-order valence-corrected chi connectivity index (χ0v) is 16.5. The second kappa shape index (κ2) is 9.19. The highest BCUT2D eigenvalue weighted by molar-refractivity contribution is 7.15. The van der Waals surface area contributed by atoms with Crippen molar-refractivity contribution >= 4 is 22.7 Å². The highest BCUT2D eigenvalue weighted by Crippen LogP contribution is 2.30. The van der Waals surface area contributed by atoms with Crippen LogP contribution in [-0.2, 0) is 0 Å². The lowest BCUT2D eigenvalue weighted by Crippen LogP contribution is -1.98. The van der Waals surface area contributed by atoms with Crippen molar-refractivity contribution in [2.24, 2.45) is 5.10 Å². The number of thiazole rings is 1. The normalized spacial score (nSPS) is 10.9. The molecule has 0 aliphatic heterocycles. The Balaban J connectivity index is 1.69. The predicted octanol–water partition coefficient (Wildman–Crippen LogP) is 5.36. The summed E-state index contributed by atoms with van der Waals surface area (Å²) in [6, 6.07) is 15.9. The van der Waals surface area contributed by atoms with E-state index in [0.717, 1.165) is 39.0 Å². The van der Waals surface area contributed by atoms with Crippen molar-refractivity contribution in [1.29, 1.82) is 0 Å². The Morgan fingerprint density at radius 3 is 2.70 bits per heavy atom. The fourth-order valence-corrected chi connectivity index (χ4v) is 3.35. The van der Waals surface area contributed by atoms with Crippen molar-refractivity contribution < 1.29 is 9.47 Å². The summed E-state index contributed by atoms with van der Waals surface area (Å²) < 4.78 is 11.1. The Morgan fingerprint density at radius 1 is 1.15 bits per heavy atom. The van der Waals surface area contributed by atoms with Crippen molar-refractivity contribution in [3.8, 4) is 22.8 Å². The average Bonchev–Trinajstić information content (AvgIpc) is 3.08. The summed E-state index contributed by atoms with van der Waals surface area (Å²) in [6.45, 7) is 4.80. The molecule has 0 spiro atoms. The Bertz CT molecular complexity index is 907. The molecule has 5 nitrogen and oxygen atoms in total. The van der Waals surface area contributed by atoms with E-state index in [1.54, 1.807) is 24.7 Å². The Kier molecular flexibility index (Phi) is 6.44. The van der Waals surface area contributed by atoms with Gasteiger partial charge < -0.3 is 9.47 Å². The first kappa shape index (κ1) is 18.9. The van der Waals surface area contributed by atoms with Gasteiger partial charge >= 0.3 is 0 Å². The molecule has 0 unspecified atom stereocenters. The number of nitrogens with zero attached hydrogens (tertiary/aromatic N) is 2. The van der Waals surface area contributed by atoms with Crippen LogP contribution in [0, 0.1) is 6.92 Å². The van der Waals surface area contributed by atoms with Gasteiger partial charge in [-0.3, -0.25) is 5.43 Å². The molecule has 0 saturated heterocycles. The quantitative estimate of drug-likeness (QED) is 0.421. The minimum Gasteiger partial charge on any atom is -0.493 e. The number of methoxy groups -OCH3 is 1.